The number of ether oxygens (including phenoxy) is 1. The molecule has 2 N–H and O–H groups in total. The highest BCUT2D eigenvalue weighted by Gasteiger charge is 2.33. The number of hydrogen-bond acceptors (Lipinski definition) is 4. The number of H-pyrrole nitrogens is 1. The highest BCUT2D eigenvalue weighted by atomic mass is 35.5. The zero-order valence-corrected chi connectivity index (χ0v) is 21.4. The van der Waals surface area contributed by atoms with Crippen molar-refractivity contribution in [1.29, 1.82) is 0 Å². The number of fused-ring (bicyclic) bond motifs is 3. The van der Waals surface area contributed by atoms with Crippen LogP contribution in [0.2, 0.25) is 5.02 Å². The lowest BCUT2D eigenvalue weighted by molar-refractivity contribution is -0.143. The number of carboxylic acid groups (broad SMARTS) is 1. The molecule has 1 fully saturated rings. The fraction of sp³-hybridized carbons (Fsp3) is 0.267. The van der Waals surface area contributed by atoms with E-state index in [0.29, 0.717) is 18.8 Å². The number of aromatic nitrogens is 2. The van der Waals surface area contributed by atoms with Gasteiger partial charge in [0, 0.05) is 52.5 Å². The van der Waals surface area contributed by atoms with Gasteiger partial charge in [0.05, 0.1) is 12.8 Å². The Balaban J connectivity index is 1.37. The number of nitrogens with zero attached hydrogens (tertiary/aromatic N) is 2. The summed E-state index contributed by atoms with van der Waals surface area (Å²) in [5.41, 5.74) is 8.92. The number of likely N-dealkylation sites (tertiary alicyclic amines) is 1. The number of aromatic amines is 1. The van der Waals surface area contributed by atoms with Gasteiger partial charge in [0.15, 0.2) is 0 Å². The molecule has 1 aliphatic heterocycles. The van der Waals surface area contributed by atoms with Crippen LogP contribution in [0.5, 0.6) is 5.75 Å². The second-order valence-corrected chi connectivity index (χ2v) is 10.2. The van der Waals surface area contributed by atoms with Crippen molar-refractivity contribution in [2.75, 3.05) is 20.2 Å². The largest absolute Gasteiger partial charge is 0.497 e. The van der Waals surface area contributed by atoms with E-state index >= 15 is 0 Å². The topological polar surface area (TPSA) is 78.5 Å². The fourth-order valence-electron chi connectivity index (χ4n) is 5.90. The Morgan fingerprint density at radius 1 is 1.08 bits per heavy atom. The minimum atomic E-state index is -0.846. The second-order valence-electron chi connectivity index (χ2n) is 9.72. The molecule has 4 aromatic rings. The number of aliphatic carboxylic acids is 1. The molecule has 0 spiro atoms. The van der Waals surface area contributed by atoms with Gasteiger partial charge in [-0.3, -0.25) is 14.7 Å². The Morgan fingerprint density at radius 2 is 1.89 bits per heavy atom. The van der Waals surface area contributed by atoms with E-state index in [0.717, 1.165) is 52.9 Å². The zero-order valence-electron chi connectivity index (χ0n) is 20.6. The lowest BCUT2D eigenvalue weighted by atomic mass is 9.88. The van der Waals surface area contributed by atoms with Gasteiger partial charge in [-0.1, -0.05) is 29.3 Å². The van der Waals surface area contributed by atoms with E-state index in [1.165, 1.54) is 27.8 Å². The van der Waals surface area contributed by atoms with Gasteiger partial charge in [-0.25, -0.2) is 0 Å². The van der Waals surface area contributed by atoms with Crippen molar-refractivity contribution in [2.45, 2.75) is 31.7 Å². The van der Waals surface area contributed by atoms with Crippen LogP contribution in [-0.4, -0.2) is 46.1 Å². The molecule has 2 aromatic carbocycles. The Kier molecular flexibility index (Phi) is 6.22. The van der Waals surface area contributed by atoms with E-state index in [4.69, 9.17) is 21.3 Å². The van der Waals surface area contributed by atoms with E-state index in [1.807, 2.05) is 42.7 Å². The molecule has 1 saturated heterocycles. The lowest BCUT2D eigenvalue weighted by Crippen LogP contribution is -2.38. The molecule has 0 unspecified atom stereocenters. The predicted molar refractivity (Wildman–Crippen MR) is 145 cm³/mol. The lowest BCUT2D eigenvalue weighted by Gasteiger charge is -2.34. The summed E-state index contributed by atoms with van der Waals surface area (Å²) < 4.78 is 5.39. The van der Waals surface area contributed by atoms with Crippen LogP contribution >= 0.6 is 11.6 Å². The first-order valence-corrected chi connectivity index (χ1v) is 13.0. The maximum Gasteiger partial charge on any atom is 0.325 e. The maximum absolute atomic E-state index is 12.6. The van der Waals surface area contributed by atoms with Gasteiger partial charge < -0.3 is 14.8 Å². The molecule has 6 nitrogen and oxygen atoms in total. The number of methoxy groups -OCH3 is 1. The number of pyridine rings is 1. The first-order chi connectivity index (χ1) is 18.0. The maximum atomic E-state index is 12.6. The van der Waals surface area contributed by atoms with Crippen LogP contribution in [0.1, 0.15) is 46.8 Å². The summed E-state index contributed by atoms with van der Waals surface area (Å²) >= 11 is 6.36. The number of carboxylic acids is 1. The van der Waals surface area contributed by atoms with Crippen LogP contribution in [0.4, 0.5) is 0 Å². The van der Waals surface area contributed by atoms with E-state index < -0.39 is 12.0 Å². The average molecular weight is 514 g/mol. The summed E-state index contributed by atoms with van der Waals surface area (Å²) in [7, 11) is 1.62. The molecule has 1 atom stereocenters. The summed E-state index contributed by atoms with van der Waals surface area (Å²) in [6.07, 6.45) is 7.09. The number of nitrogens with one attached hydrogen (secondary N) is 1. The van der Waals surface area contributed by atoms with Gasteiger partial charge in [-0.2, -0.15) is 0 Å². The molecule has 0 bridgehead atoms. The third kappa shape index (κ3) is 4.30. The van der Waals surface area contributed by atoms with Gasteiger partial charge in [0.1, 0.15) is 11.8 Å². The van der Waals surface area contributed by atoms with Crippen molar-refractivity contribution < 1.29 is 14.6 Å². The summed E-state index contributed by atoms with van der Waals surface area (Å²) in [4.78, 5) is 22.7. The number of aryl methyl sites for hydroxylation is 2. The van der Waals surface area contributed by atoms with Gasteiger partial charge >= 0.3 is 5.97 Å². The first kappa shape index (κ1) is 23.8. The molecular weight excluding hydrogens is 486 g/mol. The number of hydrogen-bond donors (Lipinski definition) is 2. The van der Waals surface area contributed by atoms with Crippen molar-refractivity contribution >= 4 is 34.0 Å². The quantitative estimate of drug-likeness (QED) is 0.347. The Morgan fingerprint density at radius 3 is 2.68 bits per heavy atom. The molecule has 37 heavy (non-hydrogen) atoms. The molecule has 0 amide bonds. The number of halogens is 1. The molecular formula is C30H28ClN3O3. The molecule has 188 valence electrons. The van der Waals surface area contributed by atoms with Crippen molar-refractivity contribution in [3.8, 4) is 5.75 Å². The average Bonchev–Trinajstić information content (AvgIpc) is 3.24. The van der Waals surface area contributed by atoms with Crippen LogP contribution in [0.25, 0.3) is 16.5 Å². The van der Waals surface area contributed by atoms with Crippen molar-refractivity contribution in [1.82, 2.24) is 14.9 Å². The van der Waals surface area contributed by atoms with E-state index in [9.17, 15) is 9.90 Å². The predicted octanol–water partition coefficient (Wildman–Crippen LogP) is 6.05. The van der Waals surface area contributed by atoms with Gasteiger partial charge in [0.2, 0.25) is 0 Å². The molecule has 0 radical (unpaired) electrons. The molecule has 2 aromatic heterocycles. The third-order valence-electron chi connectivity index (χ3n) is 7.70. The van der Waals surface area contributed by atoms with Crippen LogP contribution in [0.15, 0.2) is 66.5 Å². The molecule has 7 heteroatoms. The summed E-state index contributed by atoms with van der Waals surface area (Å²) in [5, 5.41) is 11.9. The van der Waals surface area contributed by atoms with Crippen molar-refractivity contribution in [3.63, 3.8) is 0 Å². The normalized spacial score (nSPS) is 16.7. The molecule has 1 aliphatic carbocycles. The Labute approximate surface area is 220 Å². The monoisotopic (exact) mass is 513 g/mol. The SMILES string of the molecule is COc1ccc2[nH]cc([C@@H](C(=O)O)N3CCC(=C4c5ccc(Cl)cc5CCc5cccnc54)CC3)c2c1. The zero-order chi connectivity index (χ0) is 25.5. The van der Waals surface area contributed by atoms with Gasteiger partial charge in [-0.15, -0.1) is 0 Å². The standard InChI is InChI=1S/C30H28ClN3O3/c1-37-22-7-9-26-24(16-22)25(17-33-26)29(30(35)36)34-13-10-18(11-14-34)27-23-8-6-21(31)15-20(23)5-4-19-3-2-12-32-28(19)27/h2-3,6-9,12,15-17,29,33H,4-5,10-11,13-14H2,1H3,(H,35,36)/t29-/m0/s1. The van der Waals surface area contributed by atoms with E-state index in [1.54, 1.807) is 7.11 Å². The second kappa shape index (κ2) is 9.69. The Bertz CT molecular complexity index is 1530. The summed E-state index contributed by atoms with van der Waals surface area (Å²) in [6.45, 7) is 1.30. The van der Waals surface area contributed by atoms with Crippen LogP contribution in [0.3, 0.4) is 0 Å². The van der Waals surface area contributed by atoms with Crippen LogP contribution < -0.4 is 4.74 Å². The number of rotatable bonds is 4. The minimum Gasteiger partial charge on any atom is -0.497 e. The highest BCUT2D eigenvalue weighted by molar-refractivity contribution is 6.30. The molecule has 0 saturated carbocycles. The smallest absolute Gasteiger partial charge is 0.325 e. The highest BCUT2D eigenvalue weighted by Crippen LogP contribution is 2.40. The fourth-order valence-corrected chi connectivity index (χ4v) is 6.09. The minimum absolute atomic E-state index is 0.650. The van der Waals surface area contributed by atoms with Gasteiger partial charge in [-0.05, 0) is 78.8 Å². The van der Waals surface area contributed by atoms with Crippen LogP contribution in [-0.2, 0) is 17.6 Å². The summed E-state index contributed by atoms with van der Waals surface area (Å²) in [6, 6.07) is 15.3. The number of benzene rings is 2. The van der Waals surface area contributed by atoms with Crippen molar-refractivity contribution in [2.24, 2.45) is 0 Å². The third-order valence-corrected chi connectivity index (χ3v) is 7.93. The summed E-state index contributed by atoms with van der Waals surface area (Å²) in [5.74, 6) is -0.136. The van der Waals surface area contributed by atoms with Crippen LogP contribution in [0, 0.1) is 0 Å². The van der Waals surface area contributed by atoms with E-state index in [2.05, 4.69) is 28.1 Å². The van der Waals surface area contributed by atoms with Crippen molar-refractivity contribution in [3.05, 3.63) is 99.5 Å². The van der Waals surface area contributed by atoms with Gasteiger partial charge in [0.25, 0.3) is 0 Å². The Hall–Kier alpha value is -3.61. The van der Waals surface area contributed by atoms with E-state index in [-0.39, 0.29) is 0 Å². The number of carbonyl (C=O) groups is 1. The molecule has 2 aliphatic rings. The molecule has 6 rings (SSSR count). The molecule has 3 heterocycles. The first-order valence-electron chi connectivity index (χ1n) is 12.6. The number of piperidine rings is 1.